The van der Waals surface area contributed by atoms with Crippen LogP contribution in [0.3, 0.4) is 0 Å². The van der Waals surface area contributed by atoms with Crippen LogP contribution in [0.1, 0.15) is 44.8 Å². The summed E-state index contributed by atoms with van der Waals surface area (Å²) >= 11 is 0. The zero-order valence-electron chi connectivity index (χ0n) is 14.3. The second-order valence-electron chi connectivity index (χ2n) is 5.28. The van der Waals surface area contributed by atoms with Crippen LogP contribution in [0.5, 0.6) is 0 Å². The average molecular weight is 348 g/mol. The Labute approximate surface area is 144 Å². The smallest absolute Gasteiger partial charge is 0.355 e. The van der Waals surface area contributed by atoms with Gasteiger partial charge in [-0.1, -0.05) is 0 Å². The fourth-order valence-electron chi connectivity index (χ4n) is 2.32. The first-order chi connectivity index (χ1) is 11.9. The summed E-state index contributed by atoms with van der Waals surface area (Å²) in [6.45, 7) is 4.95. The van der Waals surface area contributed by atoms with E-state index in [-0.39, 0.29) is 24.4 Å². The van der Waals surface area contributed by atoms with E-state index in [2.05, 4.69) is 10.3 Å². The number of H-pyrrole nitrogens is 1. The number of nitrogens with one attached hydrogen (secondary N) is 2. The molecule has 0 bridgehead atoms. The largest absolute Gasteiger partial charge is 0.467 e. The Morgan fingerprint density at radius 2 is 1.96 bits per heavy atom. The molecule has 0 saturated carbocycles. The summed E-state index contributed by atoms with van der Waals surface area (Å²) in [6, 6.07) is 3.43. The van der Waals surface area contributed by atoms with Crippen molar-refractivity contribution >= 4 is 17.8 Å². The Morgan fingerprint density at radius 3 is 2.60 bits per heavy atom. The molecule has 0 aliphatic heterocycles. The topological polar surface area (TPSA) is 111 Å². The van der Waals surface area contributed by atoms with Crippen molar-refractivity contribution in [3.05, 3.63) is 46.7 Å². The van der Waals surface area contributed by atoms with Gasteiger partial charge < -0.3 is 24.2 Å². The molecule has 2 aromatic heterocycles. The molecular formula is C17H20N2O6. The van der Waals surface area contributed by atoms with Crippen molar-refractivity contribution in [2.24, 2.45) is 0 Å². The number of hydrogen-bond donors (Lipinski definition) is 2. The molecule has 0 aliphatic carbocycles. The number of furan rings is 1. The molecule has 8 heteroatoms. The maximum absolute atomic E-state index is 12.2. The van der Waals surface area contributed by atoms with Gasteiger partial charge in [0, 0.05) is 5.69 Å². The summed E-state index contributed by atoms with van der Waals surface area (Å²) in [6.07, 6.45) is 1.50. The van der Waals surface area contributed by atoms with Gasteiger partial charge in [0.05, 0.1) is 25.0 Å². The third kappa shape index (κ3) is 4.50. The minimum absolute atomic E-state index is 0.202. The van der Waals surface area contributed by atoms with Crippen LogP contribution in [0.25, 0.3) is 0 Å². The molecule has 0 saturated heterocycles. The monoisotopic (exact) mass is 348 g/mol. The summed E-state index contributed by atoms with van der Waals surface area (Å²) in [4.78, 5) is 38.6. The van der Waals surface area contributed by atoms with Crippen molar-refractivity contribution < 1.29 is 28.3 Å². The Bertz CT molecular complexity index is 760. The van der Waals surface area contributed by atoms with Crippen molar-refractivity contribution in [1.29, 1.82) is 0 Å². The van der Waals surface area contributed by atoms with Crippen LogP contribution < -0.4 is 5.32 Å². The highest BCUT2D eigenvalue weighted by atomic mass is 16.5. The molecule has 0 fully saturated rings. The lowest BCUT2D eigenvalue weighted by atomic mass is 10.1. The van der Waals surface area contributed by atoms with Gasteiger partial charge in [-0.15, -0.1) is 0 Å². The number of aromatic nitrogens is 1. The predicted octanol–water partition coefficient (Wildman–Crippen LogP) is 1.87. The van der Waals surface area contributed by atoms with E-state index in [9.17, 15) is 14.4 Å². The van der Waals surface area contributed by atoms with Gasteiger partial charge in [0.25, 0.3) is 5.91 Å². The number of esters is 2. The summed E-state index contributed by atoms with van der Waals surface area (Å²) in [7, 11) is 0. The van der Waals surface area contributed by atoms with Crippen molar-refractivity contribution in [1.82, 2.24) is 10.3 Å². The van der Waals surface area contributed by atoms with Crippen molar-refractivity contribution in [3.63, 3.8) is 0 Å². The van der Waals surface area contributed by atoms with Crippen LogP contribution >= 0.6 is 0 Å². The number of ether oxygens (including phenoxy) is 2. The molecule has 0 radical (unpaired) electrons. The van der Waals surface area contributed by atoms with Crippen LogP contribution in [0.2, 0.25) is 0 Å². The van der Waals surface area contributed by atoms with Crippen LogP contribution in [0, 0.1) is 13.8 Å². The highest BCUT2D eigenvalue weighted by molar-refractivity contribution is 5.99. The normalized spacial score (nSPS) is 10.4. The zero-order valence-corrected chi connectivity index (χ0v) is 14.3. The van der Waals surface area contributed by atoms with Gasteiger partial charge in [-0.25, -0.2) is 9.59 Å². The quantitative estimate of drug-likeness (QED) is 0.739. The van der Waals surface area contributed by atoms with Gasteiger partial charge in [0.1, 0.15) is 11.5 Å². The van der Waals surface area contributed by atoms with Gasteiger partial charge in [-0.2, -0.15) is 0 Å². The molecule has 2 N–H and O–H groups in total. The first kappa shape index (κ1) is 18.3. The lowest BCUT2D eigenvalue weighted by molar-refractivity contribution is -0.124. The molecule has 25 heavy (non-hydrogen) atoms. The minimum atomic E-state index is -0.685. The van der Waals surface area contributed by atoms with Crippen LogP contribution in [0.15, 0.2) is 22.8 Å². The summed E-state index contributed by atoms with van der Waals surface area (Å²) in [5, 5.41) is 2.57. The van der Waals surface area contributed by atoms with E-state index in [0.29, 0.717) is 17.0 Å². The zero-order chi connectivity index (χ0) is 18.4. The molecule has 0 spiro atoms. The van der Waals surface area contributed by atoms with E-state index >= 15 is 0 Å². The minimum Gasteiger partial charge on any atom is -0.467 e. The Kier molecular flexibility index (Phi) is 5.99. The molecule has 0 atom stereocenters. The number of amides is 1. The second-order valence-corrected chi connectivity index (χ2v) is 5.28. The molecule has 0 aliphatic rings. The van der Waals surface area contributed by atoms with Crippen LogP contribution in [-0.4, -0.2) is 36.0 Å². The maximum Gasteiger partial charge on any atom is 0.355 e. The van der Waals surface area contributed by atoms with Crippen molar-refractivity contribution in [3.8, 4) is 0 Å². The van der Waals surface area contributed by atoms with Crippen LogP contribution in [0.4, 0.5) is 0 Å². The molecule has 2 aromatic rings. The van der Waals surface area contributed by atoms with E-state index in [1.54, 1.807) is 32.9 Å². The van der Waals surface area contributed by atoms with E-state index in [0.717, 1.165) is 0 Å². The number of carbonyl (C=O) groups excluding carboxylic acids is 3. The van der Waals surface area contributed by atoms with Crippen molar-refractivity contribution in [2.75, 3.05) is 13.2 Å². The number of carbonyl (C=O) groups is 3. The number of hydrogen-bond acceptors (Lipinski definition) is 6. The van der Waals surface area contributed by atoms with E-state index in [1.165, 1.54) is 6.26 Å². The highest BCUT2D eigenvalue weighted by Crippen LogP contribution is 2.19. The second kappa shape index (κ2) is 8.18. The molecular weight excluding hydrogens is 328 g/mol. The van der Waals surface area contributed by atoms with E-state index in [1.807, 2.05) is 0 Å². The predicted molar refractivity (Wildman–Crippen MR) is 87.1 cm³/mol. The van der Waals surface area contributed by atoms with Crippen molar-refractivity contribution in [2.45, 2.75) is 27.3 Å². The SMILES string of the molecule is CCOC(=O)c1[nH]c(C)c(C(=O)OCC(=O)NCc2ccco2)c1C. The summed E-state index contributed by atoms with van der Waals surface area (Å²) < 4.78 is 15.0. The fourth-order valence-corrected chi connectivity index (χ4v) is 2.32. The molecule has 1 amide bonds. The van der Waals surface area contributed by atoms with Crippen LogP contribution in [-0.2, 0) is 20.8 Å². The number of rotatable bonds is 7. The average Bonchev–Trinajstić information content (AvgIpc) is 3.19. The molecule has 134 valence electrons. The number of aromatic amines is 1. The molecule has 0 unspecified atom stereocenters. The van der Waals surface area contributed by atoms with E-state index in [4.69, 9.17) is 13.9 Å². The lowest BCUT2D eigenvalue weighted by Gasteiger charge is -2.06. The molecule has 2 heterocycles. The third-order valence-electron chi connectivity index (χ3n) is 3.50. The van der Waals surface area contributed by atoms with Gasteiger partial charge in [0.15, 0.2) is 6.61 Å². The maximum atomic E-state index is 12.2. The van der Waals surface area contributed by atoms with Gasteiger partial charge in [0.2, 0.25) is 0 Å². The molecule has 0 aromatic carbocycles. The Balaban J connectivity index is 1.94. The van der Waals surface area contributed by atoms with Gasteiger partial charge in [-0.3, -0.25) is 4.79 Å². The first-order valence-electron chi connectivity index (χ1n) is 7.76. The Hall–Kier alpha value is -3.03. The first-order valence-corrected chi connectivity index (χ1v) is 7.76. The Morgan fingerprint density at radius 1 is 1.20 bits per heavy atom. The lowest BCUT2D eigenvalue weighted by Crippen LogP contribution is -2.28. The fraction of sp³-hybridized carbons (Fsp3) is 0.353. The summed E-state index contributed by atoms with van der Waals surface area (Å²) in [5.74, 6) is -1.09. The number of aryl methyl sites for hydroxylation is 1. The highest BCUT2D eigenvalue weighted by Gasteiger charge is 2.24. The third-order valence-corrected chi connectivity index (χ3v) is 3.50. The molecule has 8 nitrogen and oxygen atoms in total. The van der Waals surface area contributed by atoms with E-state index < -0.39 is 24.5 Å². The molecule has 2 rings (SSSR count). The standard InChI is InChI=1S/C17H20N2O6/c1-4-23-17(22)15-10(2)14(11(3)19-15)16(21)25-9-13(20)18-8-12-6-5-7-24-12/h5-7,19H,4,8-9H2,1-3H3,(H,18,20). The van der Waals surface area contributed by atoms with Gasteiger partial charge in [-0.05, 0) is 38.5 Å². The van der Waals surface area contributed by atoms with Gasteiger partial charge >= 0.3 is 11.9 Å². The summed E-state index contributed by atoms with van der Waals surface area (Å²) in [5.41, 5.74) is 1.33.